The maximum atomic E-state index is 12.3. The molecule has 5 nitrogen and oxygen atoms in total. The Balaban J connectivity index is 1.75. The van der Waals surface area contributed by atoms with Crippen molar-refractivity contribution in [2.45, 2.75) is 32.6 Å². The van der Waals surface area contributed by atoms with E-state index in [1.807, 2.05) is 24.3 Å². The fraction of sp³-hybridized carbons (Fsp3) is 0.333. The van der Waals surface area contributed by atoms with Gasteiger partial charge in [-0.25, -0.2) is 4.79 Å². The van der Waals surface area contributed by atoms with E-state index in [1.54, 1.807) is 25.3 Å². The van der Waals surface area contributed by atoms with Crippen molar-refractivity contribution in [3.8, 4) is 11.5 Å². The van der Waals surface area contributed by atoms with Crippen molar-refractivity contribution < 1.29 is 19.1 Å². The van der Waals surface area contributed by atoms with Crippen LogP contribution in [0.3, 0.4) is 0 Å². The summed E-state index contributed by atoms with van der Waals surface area (Å²) in [6.07, 6.45) is 0.579. The first-order chi connectivity index (χ1) is 12.4. The molecule has 2 aromatic rings. The Hall–Kier alpha value is -2.82. The molecule has 0 N–H and O–H groups in total. The van der Waals surface area contributed by atoms with Gasteiger partial charge in [-0.1, -0.05) is 38.1 Å². The molecule has 26 heavy (non-hydrogen) atoms. The van der Waals surface area contributed by atoms with E-state index in [-0.39, 0.29) is 5.41 Å². The number of hydrogen-bond donors (Lipinski definition) is 0. The van der Waals surface area contributed by atoms with Crippen molar-refractivity contribution in [1.29, 1.82) is 0 Å². The molecule has 0 saturated heterocycles. The molecule has 0 amide bonds. The van der Waals surface area contributed by atoms with Gasteiger partial charge in [-0.2, -0.15) is 0 Å². The van der Waals surface area contributed by atoms with Gasteiger partial charge in [0.2, 0.25) is 0 Å². The number of fused-ring (bicyclic) bond motifs is 1. The van der Waals surface area contributed by atoms with Gasteiger partial charge in [-0.3, -0.25) is 0 Å². The predicted octanol–water partition coefficient (Wildman–Crippen LogP) is 4.34. The van der Waals surface area contributed by atoms with Crippen LogP contribution in [-0.2, 0) is 10.3 Å². The highest BCUT2D eigenvalue weighted by Gasteiger charge is 2.19. The number of hydrogen-bond acceptors (Lipinski definition) is 5. The summed E-state index contributed by atoms with van der Waals surface area (Å²) in [5, 5.41) is 4.07. The van der Waals surface area contributed by atoms with Crippen molar-refractivity contribution in [3.63, 3.8) is 0 Å². The first kappa shape index (κ1) is 18.0. The Labute approximate surface area is 153 Å². The van der Waals surface area contributed by atoms with Crippen molar-refractivity contribution in [3.05, 3.63) is 59.2 Å². The zero-order valence-corrected chi connectivity index (χ0v) is 15.5. The van der Waals surface area contributed by atoms with Crippen LogP contribution < -0.4 is 9.47 Å². The number of carbonyl (C=O) groups is 1. The Kier molecular flexibility index (Phi) is 4.98. The van der Waals surface area contributed by atoms with E-state index in [9.17, 15) is 4.79 Å². The molecule has 3 rings (SSSR count). The Morgan fingerprint density at radius 1 is 1.12 bits per heavy atom. The second kappa shape index (κ2) is 7.20. The van der Waals surface area contributed by atoms with Crippen LogP contribution >= 0.6 is 0 Å². The maximum absolute atomic E-state index is 12.3. The molecule has 5 heteroatoms. The van der Waals surface area contributed by atoms with E-state index >= 15 is 0 Å². The van der Waals surface area contributed by atoms with E-state index in [1.165, 1.54) is 0 Å². The van der Waals surface area contributed by atoms with Gasteiger partial charge in [0.1, 0.15) is 11.5 Å². The van der Waals surface area contributed by atoms with Gasteiger partial charge in [0.15, 0.2) is 0 Å². The van der Waals surface area contributed by atoms with Gasteiger partial charge in [0.05, 0.1) is 25.0 Å². The van der Waals surface area contributed by atoms with E-state index in [0.29, 0.717) is 35.8 Å². The van der Waals surface area contributed by atoms with Gasteiger partial charge in [0, 0.05) is 18.1 Å². The minimum absolute atomic E-state index is 0.0372. The molecule has 0 saturated carbocycles. The lowest BCUT2D eigenvalue weighted by atomic mass is 9.87. The smallest absolute Gasteiger partial charge is 0.365 e. The number of nitrogens with zero attached hydrogens (tertiary/aromatic N) is 1. The summed E-state index contributed by atoms with van der Waals surface area (Å²) in [4.78, 5) is 17.4. The molecule has 0 radical (unpaired) electrons. The van der Waals surface area contributed by atoms with E-state index in [4.69, 9.17) is 14.3 Å². The molecule has 1 aliphatic heterocycles. The Bertz CT molecular complexity index is 832. The lowest BCUT2D eigenvalue weighted by molar-refractivity contribution is 0.0514. The maximum Gasteiger partial charge on any atom is 0.365 e. The second-order valence-corrected chi connectivity index (χ2v) is 7.20. The van der Waals surface area contributed by atoms with Gasteiger partial charge in [0.25, 0.3) is 0 Å². The number of carbonyl (C=O) groups excluding carboxylic acids is 1. The summed E-state index contributed by atoms with van der Waals surface area (Å²) in [7, 11) is 1.60. The first-order valence-electron chi connectivity index (χ1n) is 8.58. The summed E-state index contributed by atoms with van der Waals surface area (Å²) >= 11 is 0. The van der Waals surface area contributed by atoms with Crippen molar-refractivity contribution >= 4 is 11.7 Å². The lowest BCUT2D eigenvalue weighted by Gasteiger charge is -2.19. The van der Waals surface area contributed by atoms with Crippen LogP contribution in [0.1, 0.15) is 48.7 Å². The van der Waals surface area contributed by atoms with Crippen LogP contribution in [0.5, 0.6) is 11.5 Å². The zero-order chi connectivity index (χ0) is 18.7. The van der Waals surface area contributed by atoms with Crippen molar-refractivity contribution in [2.24, 2.45) is 5.16 Å². The quantitative estimate of drug-likeness (QED) is 0.608. The van der Waals surface area contributed by atoms with Crippen LogP contribution in [0.25, 0.3) is 0 Å². The van der Waals surface area contributed by atoms with Crippen LogP contribution in [0.4, 0.5) is 0 Å². The van der Waals surface area contributed by atoms with Crippen LogP contribution in [-0.4, -0.2) is 25.4 Å². The van der Waals surface area contributed by atoms with Crippen LogP contribution in [0.15, 0.2) is 47.6 Å². The van der Waals surface area contributed by atoms with Gasteiger partial charge >= 0.3 is 5.97 Å². The summed E-state index contributed by atoms with van der Waals surface area (Å²) in [6, 6.07) is 12.9. The third-order valence-corrected chi connectivity index (χ3v) is 4.32. The second-order valence-electron chi connectivity index (χ2n) is 7.20. The molecule has 0 fully saturated rings. The van der Waals surface area contributed by atoms with E-state index in [0.717, 1.165) is 11.1 Å². The minimum Gasteiger partial charge on any atom is -0.497 e. The molecule has 0 unspecified atom stereocenters. The normalized spacial score (nSPS) is 15.2. The summed E-state index contributed by atoms with van der Waals surface area (Å²) in [5.74, 6) is 0.917. The van der Waals surface area contributed by atoms with Gasteiger partial charge < -0.3 is 14.3 Å². The number of rotatable bonds is 3. The summed E-state index contributed by atoms with van der Waals surface area (Å²) in [5.41, 5.74) is 3.17. The molecule has 0 aromatic heterocycles. The number of ether oxygens (including phenoxy) is 2. The molecule has 0 aliphatic carbocycles. The molecule has 1 aliphatic rings. The molecular weight excluding hydrogens is 330 g/mol. The molecule has 2 aromatic carbocycles. The van der Waals surface area contributed by atoms with Crippen molar-refractivity contribution in [2.75, 3.05) is 13.7 Å². The lowest BCUT2D eigenvalue weighted by Crippen LogP contribution is -2.17. The average Bonchev–Trinajstić information content (AvgIpc) is 2.64. The summed E-state index contributed by atoms with van der Waals surface area (Å²) in [6.45, 7) is 6.87. The number of methoxy groups -OCH3 is 1. The predicted molar refractivity (Wildman–Crippen MR) is 100 cm³/mol. The third kappa shape index (κ3) is 3.87. The Morgan fingerprint density at radius 3 is 2.50 bits per heavy atom. The third-order valence-electron chi connectivity index (χ3n) is 4.32. The molecule has 0 bridgehead atoms. The topological polar surface area (TPSA) is 57.1 Å². The highest BCUT2D eigenvalue weighted by molar-refractivity contribution is 6.04. The van der Waals surface area contributed by atoms with E-state index in [2.05, 4.69) is 25.9 Å². The largest absolute Gasteiger partial charge is 0.497 e. The highest BCUT2D eigenvalue weighted by Crippen LogP contribution is 2.29. The highest BCUT2D eigenvalue weighted by atomic mass is 16.7. The monoisotopic (exact) mass is 353 g/mol. The fourth-order valence-corrected chi connectivity index (χ4v) is 2.73. The SMILES string of the molecule is COc1ccc2c(c1)OCC/C2=N/OC(=O)c1ccc(C(C)(C)C)cc1. The molecule has 0 atom stereocenters. The summed E-state index contributed by atoms with van der Waals surface area (Å²) < 4.78 is 10.8. The minimum atomic E-state index is -0.473. The zero-order valence-electron chi connectivity index (χ0n) is 15.5. The average molecular weight is 353 g/mol. The molecule has 0 spiro atoms. The van der Waals surface area contributed by atoms with Crippen LogP contribution in [0, 0.1) is 0 Å². The number of oxime groups is 1. The number of benzene rings is 2. The van der Waals surface area contributed by atoms with Crippen LogP contribution in [0.2, 0.25) is 0 Å². The fourth-order valence-electron chi connectivity index (χ4n) is 2.73. The molecule has 136 valence electrons. The van der Waals surface area contributed by atoms with Gasteiger partial charge in [-0.15, -0.1) is 0 Å². The standard InChI is InChI=1S/C21H23NO4/c1-21(2,3)15-7-5-14(6-8-15)20(23)26-22-18-11-12-25-19-13-16(24-4)9-10-17(18)19/h5-10,13H,11-12H2,1-4H3/b22-18-. The van der Waals surface area contributed by atoms with Crippen molar-refractivity contribution in [1.82, 2.24) is 0 Å². The van der Waals surface area contributed by atoms with Gasteiger partial charge in [-0.05, 0) is 35.2 Å². The Morgan fingerprint density at radius 2 is 1.85 bits per heavy atom. The molecule has 1 heterocycles. The first-order valence-corrected chi connectivity index (χ1v) is 8.58. The molecular formula is C21H23NO4. The van der Waals surface area contributed by atoms with E-state index < -0.39 is 5.97 Å².